The lowest BCUT2D eigenvalue weighted by Gasteiger charge is -2.39. The molecule has 0 spiro atoms. The molecule has 0 aromatic heterocycles. The Hall–Kier alpha value is -0.460. The summed E-state index contributed by atoms with van der Waals surface area (Å²) in [4.78, 5) is 2.36. The number of allylic oxidation sites excluding steroid dienone is 1. The molecule has 0 aromatic carbocycles. The number of hydrogen-bond acceptors (Lipinski definition) is 1. The maximum atomic E-state index is 2.36. The van der Waals surface area contributed by atoms with Crippen molar-refractivity contribution in [2.24, 2.45) is 11.8 Å². The first-order valence-electron chi connectivity index (χ1n) is 5.16. The molecular weight excluding hydrogens is 146 g/mol. The molecule has 2 unspecified atom stereocenters. The normalized spacial score (nSPS) is 35.8. The van der Waals surface area contributed by atoms with E-state index in [2.05, 4.69) is 25.1 Å². The van der Waals surface area contributed by atoms with Crippen LogP contribution in [0.2, 0.25) is 0 Å². The maximum absolute atomic E-state index is 2.36. The van der Waals surface area contributed by atoms with Crippen molar-refractivity contribution in [1.29, 1.82) is 0 Å². The lowest BCUT2D eigenvalue weighted by molar-refractivity contribution is 0.196. The topological polar surface area (TPSA) is 3.24 Å². The molecule has 0 amide bonds. The van der Waals surface area contributed by atoms with Gasteiger partial charge in [-0.15, -0.1) is 0 Å². The van der Waals surface area contributed by atoms with Crippen molar-refractivity contribution in [2.45, 2.75) is 32.6 Å². The summed E-state index contributed by atoms with van der Waals surface area (Å²) in [6, 6.07) is 0. The van der Waals surface area contributed by atoms with Crippen LogP contribution in [0.1, 0.15) is 32.6 Å². The van der Waals surface area contributed by atoms with Crippen LogP contribution < -0.4 is 0 Å². The van der Waals surface area contributed by atoms with Crippen molar-refractivity contribution in [3.8, 4) is 0 Å². The summed E-state index contributed by atoms with van der Waals surface area (Å²) in [6.45, 7) is 3.60. The highest BCUT2D eigenvalue weighted by Crippen LogP contribution is 2.37. The SMILES string of the molecule is CC1=CN(C)CC2CCCCC12. The summed E-state index contributed by atoms with van der Waals surface area (Å²) in [5.74, 6) is 1.89. The molecule has 0 N–H and O–H groups in total. The first-order valence-corrected chi connectivity index (χ1v) is 5.16. The molecule has 2 aliphatic rings. The van der Waals surface area contributed by atoms with Gasteiger partial charge >= 0.3 is 0 Å². The van der Waals surface area contributed by atoms with Gasteiger partial charge in [-0.2, -0.15) is 0 Å². The van der Waals surface area contributed by atoms with Crippen LogP contribution in [0.15, 0.2) is 11.8 Å². The number of rotatable bonds is 0. The number of nitrogens with zero attached hydrogens (tertiary/aromatic N) is 1. The molecule has 0 saturated heterocycles. The van der Waals surface area contributed by atoms with E-state index in [1.807, 2.05) is 0 Å². The van der Waals surface area contributed by atoms with E-state index in [4.69, 9.17) is 0 Å². The lowest BCUT2D eigenvalue weighted by atomic mass is 9.74. The zero-order valence-corrected chi connectivity index (χ0v) is 8.21. The van der Waals surface area contributed by atoms with Crippen LogP contribution in [0.4, 0.5) is 0 Å². The molecule has 2 rings (SSSR count). The average Bonchev–Trinajstić information content (AvgIpc) is 2.04. The summed E-state index contributed by atoms with van der Waals surface area (Å²) in [6.07, 6.45) is 8.16. The summed E-state index contributed by atoms with van der Waals surface area (Å²) in [5, 5.41) is 0. The minimum atomic E-state index is 0.926. The zero-order chi connectivity index (χ0) is 8.55. The fraction of sp³-hybridized carbons (Fsp3) is 0.818. The molecule has 1 saturated carbocycles. The Morgan fingerprint density at radius 1 is 1.33 bits per heavy atom. The Labute approximate surface area is 75.4 Å². The van der Waals surface area contributed by atoms with Crippen LogP contribution in [0.25, 0.3) is 0 Å². The van der Waals surface area contributed by atoms with Gasteiger partial charge in [0, 0.05) is 13.6 Å². The molecule has 0 bridgehead atoms. The molecule has 0 radical (unpaired) electrons. The van der Waals surface area contributed by atoms with Gasteiger partial charge in [0.1, 0.15) is 0 Å². The fourth-order valence-corrected chi connectivity index (χ4v) is 2.89. The van der Waals surface area contributed by atoms with Crippen molar-refractivity contribution in [3.05, 3.63) is 11.8 Å². The van der Waals surface area contributed by atoms with Gasteiger partial charge in [0.15, 0.2) is 0 Å². The van der Waals surface area contributed by atoms with Gasteiger partial charge in [0.05, 0.1) is 0 Å². The molecule has 1 fully saturated rings. The van der Waals surface area contributed by atoms with E-state index in [1.54, 1.807) is 5.57 Å². The quantitative estimate of drug-likeness (QED) is 0.533. The first kappa shape index (κ1) is 8.15. The smallest absolute Gasteiger partial charge is 0.0203 e. The second-order valence-electron chi connectivity index (χ2n) is 4.46. The van der Waals surface area contributed by atoms with Gasteiger partial charge in [-0.1, -0.05) is 18.4 Å². The van der Waals surface area contributed by atoms with Crippen molar-refractivity contribution in [3.63, 3.8) is 0 Å². The van der Waals surface area contributed by atoms with E-state index in [0.29, 0.717) is 0 Å². The van der Waals surface area contributed by atoms with Crippen molar-refractivity contribution in [1.82, 2.24) is 4.90 Å². The first-order chi connectivity index (χ1) is 5.77. The van der Waals surface area contributed by atoms with E-state index in [0.717, 1.165) is 11.8 Å². The van der Waals surface area contributed by atoms with E-state index >= 15 is 0 Å². The predicted molar refractivity (Wildman–Crippen MR) is 51.8 cm³/mol. The van der Waals surface area contributed by atoms with Crippen LogP contribution in [-0.2, 0) is 0 Å². The Morgan fingerprint density at radius 2 is 2.08 bits per heavy atom. The second kappa shape index (κ2) is 3.12. The van der Waals surface area contributed by atoms with Gasteiger partial charge in [-0.05, 0) is 37.8 Å². The van der Waals surface area contributed by atoms with E-state index in [-0.39, 0.29) is 0 Å². The highest BCUT2D eigenvalue weighted by Gasteiger charge is 2.29. The standard InChI is InChI=1S/C11H19N/c1-9-7-12(2)8-10-5-3-4-6-11(9)10/h7,10-11H,3-6,8H2,1-2H3. The molecule has 12 heavy (non-hydrogen) atoms. The van der Waals surface area contributed by atoms with Crippen molar-refractivity contribution < 1.29 is 0 Å². The van der Waals surface area contributed by atoms with Crippen LogP contribution in [0, 0.1) is 11.8 Å². The molecule has 1 heteroatoms. The molecule has 1 aliphatic carbocycles. The van der Waals surface area contributed by atoms with Gasteiger partial charge in [-0.25, -0.2) is 0 Å². The lowest BCUT2D eigenvalue weighted by Crippen LogP contribution is -2.34. The van der Waals surface area contributed by atoms with Crippen molar-refractivity contribution >= 4 is 0 Å². The van der Waals surface area contributed by atoms with Crippen LogP contribution >= 0.6 is 0 Å². The molecular formula is C11H19N. The third-order valence-electron chi connectivity index (χ3n) is 3.44. The minimum Gasteiger partial charge on any atom is -0.380 e. The Morgan fingerprint density at radius 3 is 2.92 bits per heavy atom. The summed E-state index contributed by atoms with van der Waals surface area (Å²) in [5.41, 5.74) is 1.62. The highest BCUT2D eigenvalue weighted by atomic mass is 15.1. The highest BCUT2D eigenvalue weighted by molar-refractivity contribution is 5.09. The fourth-order valence-electron chi connectivity index (χ4n) is 2.89. The molecule has 68 valence electrons. The van der Waals surface area contributed by atoms with Crippen LogP contribution in [0.5, 0.6) is 0 Å². The largest absolute Gasteiger partial charge is 0.380 e. The predicted octanol–water partition coefficient (Wildman–Crippen LogP) is 2.64. The maximum Gasteiger partial charge on any atom is 0.0203 e. The molecule has 1 heterocycles. The van der Waals surface area contributed by atoms with E-state index in [9.17, 15) is 0 Å². The Kier molecular flexibility index (Phi) is 2.12. The van der Waals surface area contributed by atoms with Gasteiger partial charge < -0.3 is 4.90 Å². The average molecular weight is 165 g/mol. The van der Waals surface area contributed by atoms with E-state index in [1.165, 1.54) is 32.2 Å². The number of fused-ring (bicyclic) bond motifs is 1. The summed E-state index contributed by atoms with van der Waals surface area (Å²) in [7, 11) is 2.20. The second-order valence-corrected chi connectivity index (χ2v) is 4.46. The summed E-state index contributed by atoms with van der Waals surface area (Å²) < 4.78 is 0. The molecule has 1 aliphatic heterocycles. The zero-order valence-electron chi connectivity index (χ0n) is 8.21. The molecule has 0 aromatic rings. The summed E-state index contributed by atoms with van der Waals surface area (Å²) >= 11 is 0. The third-order valence-corrected chi connectivity index (χ3v) is 3.44. The minimum absolute atomic E-state index is 0.926. The van der Waals surface area contributed by atoms with Crippen molar-refractivity contribution in [2.75, 3.05) is 13.6 Å². The van der Waals surface area contributed by atoms with Crippen LogP contribution in [0.3, 0.4) is 0 Å². The van der Waals surface area contributed by atoms with Gasteiger partial charge in [0.25, 0.3) is 0 Å². The third kappa shape index (κ3) is 1.37. The Balaban J connectivity index is 2.14. The Bertz CT molecular complexity index is 195. The van der Waals surface area contributed by atoms with Gasteiger partial charge in [0.2, 0.25) is 0 Å². The van der Waals surface area contributed by atoms with E-state index < -0.39 is 0 Å². The molecule has 1 nitrogen and oxygen atoms in total. The van der Waals surface area contributed by atoms with Crippen LogP contribution in [-0.4, -0.2) is 18.5 Å². The monoisotopic (exact) mass is 165 g/mol. The number of hydrogen-bond donors (Lipinski definition) is 0. The molecule has 2 atom stereocenters. The van der Waals surface area contributed by atoms with Gasteiger partial charge in [-0.3, -0.25) is 0 Å².